The van der Waals surface area contributed by atoms with E-state index in [9.17, 15) is 9.90 Å². The Bertz CT molecular complexity index is 739. The maximum absolute atomic E-state index is 12.6. The smallest absolute Gasteiger partial charge is 0.255 e. The molecule has 0 aromatic carbocycles. The second-order valence-electron chi connectivity index (χ2n) is 6.73. The van der Waals surface area contributed by atoms with Crippen molar-refractivity contribution >= 4 is 11.7 Å². The standard InChI is InChI=1S/C18H23N5O2/c1-14-8-15(10-20-9-14)17(24)22(2)12-18(25)4-3-7-23(13-18)16-11-19-5-6-21-16/h5-6,8-11,25H,3-4,7,12-13H2,1-2H3/t18-/m0/s1. The number of rotatable bonds is 4. The molecule has 2 aromatic heterocycles. The summed E-state index contributed by atoms with van der Waals surface area (Å²) in [4.78, 5) is 28.6. The second kappa shape index (κ2) is 7.14. The van der Waals surface area contributed by atoms with Crippen molar-refractivity contribution in [3.05, 3.63) is 48.2 Å². The van der Waals surface area contributed by atoms with E-state index in [0.29, 0.717) is 18.5 Å². The molecule has 0 unspecified atom stereocenters. The van der Waals surface area contributed by atoms with Gasteiger partial charge >= 0.3 is 0 Å². The molecule has 7 heteroatoms. The van der Waals surface area contributed by atoms with E-state index in [2.05, 4.69) is 15.0 Å². The fourth-order valence-electron chi connectivity index (χ4n) is 3.30. The molecule has 0 aliphatic carbocycles. The summed E-state index contributed by atoms with van der Waals surface area (Å²) in [7, 11) is 1.71. The van der Waals surface area contributed by atoms with Crippen molar-refractivity contribution in [2.45, 2.75) is 25.4 Å². The number of aromatic nitrogens is 3. The Morgan fingerprint density at radius 2 is 2.16 bits per heavy atom. The zero-order valence-electron chi connectivity index (χ0n) is 14.6. The Balaban J connectivity index is 1.69. The molecule has 3 rings (SSSR count). The van der Waals surface area contributed by atoms with Crippen molar-refractivity contribution in [2.75, 3.05) is 31.6 Å². The van der Waals surface area contributed by atoms with Crippen LogP contribution in [-0.4, -0.2) is 63.1 Å². The van der Waals surface area contributed by atoms with Crippen LogP contribution < -0.4 is 4.90 Å². The molecule has 0 saturated carbocycles. The average molecular weight is 341 g/mol. The highest BCUT2D eigenvalue weighted by atomic mass is 16.3. The molecule has 1 aliphatic rings. The van der Waals surface area contributed by atoms with Crippen LogP contribution >= 0.6 is 0 Å². The lowest BCUT2D eigenvalue weighted by Crippen LogP contribution is -2.54. The van der Waals surface area contributed by atoms with Crippen LogP contribution in [0.3, 0.4) is 0 Å². The Morgan fingerprint density at radius 3 is 2.88 bits per heavy atom. The fraction of sp³-hybridized carbons (Fsp3) is 0.444. The number of hydrogen-bond acceptors (Lipinski definition) is 6. The summed E-state index contributed by atoms with van der Waals surface area (Å²) in [6.45, 7) is 3.41. The van der Waals surface area contributed by atoms with Gasteiger partial charge in [-0.2, -0.15) is 0 Å². The molecule has 25 heavy (non-hydrogen) atoms. The summed E-state index contributed by atoms with van der Waals surface area (Å²) >= 11 is 0. The summed E-state index contributed by atoms with van der Waals surface area (Å²) in [5.74, 6) is 0.610. The first kappa shape index (κ1) is 17.3. The number of pyridine rings is 1. The van der Waals surface area contributed by atoms with Crippen LogP contribution in [-0.2, 0) is 0 Å². The number of carbonyl (C=O) groups excluding carboxylic acids is 1. The normalized spacial score (nSPS) is 20.4. The predicted molar refractivity (Wildman–Crippen MR) is 94.4 cm³/mol. The van der Waals surface area contributed by atoms with E-state index < -0.39 is 5.60 Å². The van der Waals surface area contributed by atoms with Gasteiger partial charge in [-0.05, 0) is 31.4 Å². The number of aryl methyl sites for hydroxylation is 1. The molecule has 1 aliphatic heterocycles. The SMILES string of the molecule is Cc1cncc(C(=O)N(C)C[C@@]2(O)CCCN(c3cnccn3)C2)c1. The number of nitrogens with zero attached hydrogens (tertiary/aromatic N) is 5. The number of piperidine rings is 1. The first-order chi connectivity index (χ1) is 12.0. The number of carbonyl (C=O) groups is 1. The van der Waals surface area contributed by atoms with Crippen molar-refractivity contribution in [3.63, 3.8) is 0 Å². The highest BCUT2D eigenvalue weighted by molar-refractivity contribution is 5.93. The number of amides is 1. The van der Waals surface area contributed by atoms with Crippen molar-refractivity contribution in [2.24, 2.45) is 0 Å². The van der Waals surface area contributed by atoms with Crippen LogP contribution in [0.2, 0.25) is 0 Å². The van der Waals surface area contributed by atoms with Crippen molar-refractivity contribution in [1.29, 1.82) is 0 Å². The lowest BCUT2D eigenvalue weighted by atomic mass is 9.92. The van der Waals surface area contributed by atoms with E-state index in [1.807, 2.05) is 17.9 Å². The van der Waals surface area contributed by atoms with Crippen LogP contribution in [0.15, 0.2) is 37.1 Å². The Hall–Kier alpha value is -2.54. The monoisotopic (exact) mass is 341 g/mol. The van der Waals surface area contributed by atoms with E-state index in [0.717, 1.165) is 24.3 Å². The van der Waals surface area contributed by atoms with Crippen LogP contribution in [0, 0.1) is 6.92 Å². The molecule has 7 nitrogen and oxygen atoms in total. The van der Waals surface area contributed by atoms with E-state index >= 15 is 0 Å². The zero-order chi connectivity index (χ0) is 17.9. The van der Waals surface area contributed by atoms with Crippen molar-refractivity contribution in [1.82, 2.24) is 19.9 Å². The minimum atomic E-state index is -0.975. The maximum atomic E-state index is 12.6. The highest BCUT2D eigenvalue weighted by Gasteiger charge is 2.36. The average Bonchev–Trinajstić information content (AvgIpc) is 2.61. The molecular formula is C18H23N5O2. The van der Waals surface area contributed by atoms with Crippen LogP contribution in [0.4, 0.5) is 5.82 Å². The van der Waals surface area contributed by atoms with E-state index in [-0.39, 0.29) is 12.5 Å². The lowest BCUT2D eigenvalue weighted by Gasteiger charge is -2.41. The summed E-state index contributed by atoms with van der Waals surface area (Å²) in [6, 6.07) is 1.81. The van der Waals surface area contributed by atoms with Gasteiger partial charge < -0.3 is 14.9 Å². The van der Waals surface area contributed by atoms with Crippen molar-refractivity contribution in [3.8, 4) is 0 Å². The van der Waals surface area contributed by atoms with Crippen LogP contribution in [0.25, 0.3) is 0 Å². The Morgan fingerprint density at radius 1 is 1.32 bits per heavy atom. The molecule has 0 bridgehead atoms. The Kier molecular flexibility index (Phi) is 4.94. The lowest BCUT2D eigenvalue weighted by molar-refractivity contribution is -0.000157. The maximum Gasteiger partial charge on any atom is 0.255 e. The van der Waals surface area contributed by atoms with E-state index in [1.54, 1.807) is 42.9 Å². The molecule has 0 radical (unpaired) electrons. The molecule has 1 saturated heterocycles. The van der Waals surface area contributed by atoms with Gasteiger partial charge in [0.05, 0.1) is 23.9 Å². The molecule has 1 atom stereocenters. The van der Waals surface area contributed by atoms with Gasteiger partial charge in [-0.15, -0.1) is 0 Å². The summed E-state index contributed by atoms with van der Waals surface area (Å²) in [5, 5.41) is 11.0. The minimum Gasteiger partial charge on any atom is -0.386 e. The van der Waals surface area contributed by atoms with Gasteiger partial charge in [-0.3, -0.25) is 14.8 Å². The third-order valence-corrected chi connectivity index (χ3v) is 4.43. The van der Waals surface area contributed by atoms with Gasteiger partial charge in [-0.25, -0.2) is 4.98 Å². The van der Waals surface area contributed by atoms with Gasteiger partial charge in [0.1, 0.15) is 5.82 Å². The van der Waals surface area contributed by atoms with Gasteiger partial charge in [0, 0.05) is 44.9 Å². The topological polar surface area (TPSA) is 82.5 Å². The fourth-order valence-corrected chi connectivity index (χ4v) is 3.30. The summed E-state index contributed by atoms with van der Waals surface area (Å²) in [6.07, 6.45) is 9.71. The third kappa shape index (κ3) is 4.11. The summed E-state index contributed by atoms with van der Waals surface area (Å²) < 4.78 is 0. The largest absolute Gasteiger partial charge is 0.386 e. The number of anilines is 1. The van der Waals surface area contributed by atoms with E-state index in [1.165, 1.54) is 0 Å². The third-order valence-electron chi connectivity index (χ3n) is 4.43. The van der Waals surface area contributed by atoms with Gasteiger partial charge in [0.15, 0.2) is 0 Å². The minimum absolute atomic E-state index is 0.138. The summed E-state index contributed by atoms with van der Waals surface area (Å²) in [5.41, 5.74) is 0.495. The molecule has 1 amide bonds. The van der Waals surface area contributed by atoms with E-state index in [4.69, 9.17) is 0 Å². The number of β-amino-alcohol motifs (C(OH)–C–C–N with tert-alkyl or cyclic N) is 1. The van der Waals surface area contributed by atoms with Gasteiger partial charge in [0.2, 0.25) is 0 Å². The molecule has 2 aromatic rings. The van der Waals surface area contributed by atoms with Gasteiger partial charge in [-0.1, -0.05) is 0 Å². The van der Waals surface area contributed by atoms with Crippen molar-refractivity contribution < 1.29 is 9.90 Å². The highest BCUT2D eigenvalue weighted by Crippen LogP contribution is 2.25. The Labute approximate surface area is 147 Å². The number of likely N-dealkylation sites (N-methyl/N-ethyl adjacent to an activating group) is 1. The zero-order valence-corrected chi connectivity index (χ0v) is 14.6. The first-order valence-corrected chi connectivity index (χ1v) is 8.37. The molecule has 3 heterocycles. The van der Waals surface area contributed by atoms with Gasteiger partial charge in [0.25, 0.3) is 5.91 Å². The molecular weight excluding hydrogens is 318 g/mol. The number of aliphatic hydroxyl groups is 1. The predicted octanol–water partition coefficient (Wildman–Crippen LogP) is 1.28. The van der Waals surface area contributed by atoms with Crippen LogP contribution in [0.5, 0.6) is 0 Å². The second-order valence-corrected chi connectivity index (χ2v) is 6.73. The molecule has 1 N–H and O–H groups in total. The number of hydrogen-bond donors (Lipinski definition) is 1. The molecule has 0 spiro atoms. The first-order valence-electron chi connectivity index (χ1n) is 8.37. The quantitative estimate of drug-likeness (QED) is 0.902. The molecule has 1 fully saturated rings. The molecule has 132 valence electrons. The van der Waals surface area contributed by atoms with Crippen LogP contribution in [0.1, 0.15) is 28.8 Å².